The van der Waals surface area contributed by atoms with Gasteiger partial charge < -0.3 is 10.1 Å². The first kappa shape index (κ1) is 18.9. The number of anilines is 1. The second-order valence-electron chi connectivity index (χ2n) is 6.53. The fraction of sp³-hybridized carbons (Fsp3) is 0.136. The summed E-state index contributed by atoms with van der Waals surface area (Å²) >= 11 is 1.60. The van der Waals surface area contributed by atoms with Crippen molar-refractivity contribution < 1.29 is 9.53 Å². The van der Waals surface area contributed by atoms with Crippen molar-refractivity contribution in [2.45, 2.75) is 20.1 Å². The van der Waals surface area contributed by atoms with Crippen LogP contribution in [0.3, 0.4) is 0 Å². The van der Waals surface area contributed by atoms with Gasteiger partial charge in [0.25, 0.3) is 5.91 Å². The maximum Gasteiger partial charge on any atom is 0.255 e. The summed E-state index contributed by atoms with van der Waals surface area (Å²) in [4.78, 5) is 16.9. The number of hydrogen-bond acceptors (Lipinski definition) is 5. The number of hydrogen-bond donors (Lipinski definition) is 1. The lowest BCUT2D eigenvalue weighted by atomic mass is 10.1. The third-order valence-electron chi connectivity index (χ3n) is 4.26. The number of thiazole rings is 1. The van der Waals surface area contributed by atoms with Gasteiger partial charge in [0, 0.05) is 29.0 Å². The van der Waals surface area contributed by atoms with Gasteiger partial charge in [0.1, 0.15) is 12.4 Å². The third kappa shape index (κ3) is 5.08. The number of ether oxygens (including phenoxy) is 1. The molecule has 0 fully saturated rings. The number of amides is 1. The van der Waals surface area contributed by atoms with E-state index in [1.54, 1.807) is 41.8 Å². The van der Waals surface area contributed by atoms with Crippen LogP contribution in [0.1, 0.15) is 26.6 Å². The van der Waals surface area contributed by atoms with E-state index in [1.165, 1.54) is 0 Å². The normalized spacial score (nSPS) is 10.7. The lowest BCUT2D eigenvalue weighted by molar-refractivity contribution is 0.102. The lowest BCUT2D eigenvalue weighted by Gasteiger charge is -2.09. The molecule has 7 heteroatoms. The van der Waals surface area contributed by atoms with Gasteiger partial charge in [-0.25, -0.2) is 4.98 Å². The van der Waals surface area contributed by atoms with Crippen LogP contribution in [0.25, 0.3) is 0 Å². The molecule has 6 nitrogen and oxygen atoms in total. The Bertz CT molecular complexity index is 1090. The Labute approximate surface area is 172 Å². The zero-order valence-electron chi connectivity index (χ0n) is 15.9. The Hall–Kier alpha value is -3.45. The first-order chi connectivity index (χ1) is 14.2. The van der Waals surface area contributed by atoms with Gasteiger partial charge in [-0.1, -0.05) is 12.1 Å². The predicted molar refractivity (Wildman–Crippen MR) is 113 cm³/mol. The molecule has 146 valence electrons. The molecule has 0 aliphatic heterocycles. The van der Waals surface area contributed by atoms with E-state index in [0.29, 0.717) is 24.5 Å². The van der Waals surface area contributed by atoms with E-state index in [1.807, 2.05) is 53.5 Å². The van der Waals surface area contributed by atoms with Crippen LogP contribution in [-0.2, 0) is 13.2 Å². The van der Waals surface area contributed by atoms with Crippen LogP contribution in [-0.4, -0.2) is 20.7 Å². The second kappa shape index (κ2) is 8.70. The average Bonchev–Trinajstić information content (AvgIpc) is 3.39. The van der Waals surface area contributed by atoms with Crippen LogP contribution < -0.4 is 10.1 Å². The molecule has 0 atom stereocenters. The minimum atomic E-state index is -0.164. The van der Waals surface area contributed by atoms with Gasteiger partial charge in [-0.2, -0.15) is 5.10 Å². The topological polar surface area (TPSA) is 69.0 Å². The first-order valence-electron chi connectivity index (χ1n) is 9.17. The first-order valence-corrected chi connectivity index (χ1v) is 10.1. The minimum absolute atomic E-state index is 0.164. The van der Waals surface area contributed by atoms with E-state index in [0.717, 1.165) is 22.0 Å². The van der Waals surface area contributed by atoms with Crippen molar-refractivity contribution in [3.8, 4) is 5.75 Å². The molecule has 2 aromatic heterocycles. The number of benzene rings is 2. The van der Waals surface area contributed by atoms with Crippen molar-refractivity contribution in [2.75, 3.05) is 5.32 Å². The van der Waals surface area contributed by atoms with E-state index >= 15 is 0 Å². The highest BCUT2D eigenvalue weighted by molar-refractivity contribution is 7.09. The standard InChI is InChI=1S/C22H20N4O2S/c1-16-24-20(15-29-16)14-28-21-8-6-18(7-9-21)22(27)25-19-5-2-4-17(12-19)13-26-11-3-10-23-26/h2-12,15H,13-14H2,1H3,(H,25,27). The molecule has 4 rings (SSSR count). The molecule has 1 amide bonds. The molecule has 0 aliphatic rings. The molecule has 2 aromatic carbocycles. The number of rotatable bonds is 7. The minimum Gasteiger partial charge on any atom is -0.487 e. The van der Waals surface area contributed by atoms with E-state index in [4.69, 9.17) is 4.74 Å². The molecule has 0 saturated heterocycles. The van der Waals surface area contributed by atoms with Crippen molar-refractivity contribution >= 4 is 22.9 Å². The summed E-state index contributed by atoms with van der Waals surface area (Å²) in [7, 11) is 0. The van der Waals surface area contributed by atoms with Gasteiger partial charge in [-0.15, -0.1) is 11.3 Å². The Morgan fingerprint density at radius 3 is 2.76 bits per heavy atom. The highest BCUT2D eigenvalue weighted by Crippen LogP contribution is 2.17. The molecule has 0 spiro atoms. The molecule has 4 aromatic rings. The maximum atomic E-state index is 12.6. The van der Waals surface area contributed by atoms with Crippen LogP contribution in [0.2, 0.25) is 0 Å². The number of nitrogens with zero attached hydrogens (tertiary/aromatic N) is 3. The van der Waals surface area contributed by atoms with Crippen molar-refractivity contribution in [3.63, 3.8) is 0 Å². The molecular weight excluding hydrogens is 384 g/mol. The van der Waals surface area contributed by atoms with Crippen molar-refractivity contribution in [2.24, 2.45) is 0 Å². The van der Waals surface area contributed by atoms with E-state index in [2.05, 4.69) is 15.4 Å². The Kier molecular flexibility index (Phi) is 5.67. The van der Waals surface area contributed by atoms with Crippen LogP contribution in [0, 0.1) is 6.92 Å². The number of carbonyl (C=O) groups excluding carboxylic acids is 1. The van der Waals surface area contributed by atoms with Gasteiger partial charge >= 0.3 is 0 Å². The van der Waals surface area contributed by atoms with Crippen LogP contribution in [0.5, 0.6) is 5.75 Å². The van der Waals surface area contributed by atoms with Gasteiger partial charge in [-0.05, 0) is 55.0 Å². The Morgan fingerprint density at radius 1 is 1.17 bits per heavy atom. The van der Waals surface area contributed by atoms with Crippen LogP contribution >= 0.6 is 11.3 Å². The summed E-state index contributed by atoms with van der Waals surface area (Å²) in [5.41, 5.74) is 3.29. The Balaban J connectivity index is 1.35. The summed E-state index contributed by atoms with van der Waals surface area (Å²) in [5.74, 6) is 0.538. The number of carbonyl (C=O) groups is 1. The van der Waals surface area contributed by atoms with E-state index < -0.39 is 0 Å². The predicted octanol–water partition coefficient (Wildman–Crippen LogP) is 4.53. The van der Waals surface area contributed by atoms with Gasteiger partial charge in [-0.3, -0.25) is 9.48 Å². The van der Waals surface area contributed by atoms with Gasteiger partial charge in [0.05, 0.1) is 17.2 Å². The number of aromatic nitrogens is 3. The molecule has 0 radical (unpaired) electrons. The average molecular weight is 404 g/mol. The van der Waals surface area contributed by atoms with Gasteiger partial charge in [0.15, 0.2) is 0 Å². The molecule has 2 heterocycles. The smallest absolute Gasteiger partial charge is 0.255 e. The quantitative estimate of drug-likeness (QED) is 0.491. The molecule has 1 N–H and O–H groups in total. The summed E-state index contributed by atoms with van der Waals surface area (Å²) in [6.45, 7) is 3.04. The van der Waals surface area contributed by atoms with Crippen molar-refractivity contribution in [1.29, 1.82) is 0 Å². The van der Waals surface area contributed by atoms with E-state index in [9.17, 15) is 4.79 Å². The molecule has 0 bridgehead atoms. The highest BCUT2D eigenvalue weighted by atomic mass is 32.1. The summed E-state index contributed by atoms with van der Waals surface area (Å²) in [6, 6.07) is 16.7. The molecule has 0 unspecified atom stereocenters. The Morgan fingerprint density at radius 2 is 2.03 bits per heavy atom. The maximum absolute atomic E-state index is 12.6. The zero-order chi connectivity index (χ0) is 20.1. The molecule has 29 heavy (non-hydrogen) atoms. The van der Waals surface area contributed by atoms with Crippen LogP contribution in [0.15, 0.2) is 72.4 Å². The number of aryl methyl sites for hydroxylation is 1. The van der Waals surface area contributed by atoms with E-state index in [-0.39, 0.29) is 5.91 Å². The SMILES string of the molecule is Cc1nc(COc2ccc(C(=O)Nc3cccc(Cn4cccn4)c3)cc2)cs1. The molecular formula is C22H20N4O2S. The monoisotopic (exact) mass is 404 g/mol. The third-order valence-corrected chi connectivity index (χ3v) is 5.08. The van der Waals surface area contributed by atoms with Crippen molar-refractivity contribution in [3.05, 3.63) is 94.2 Å². The largest absolute Gasteiger partial charge is 0.487 e. The van der Waals surface area contributed by atoms with Crippen molar-refractivity contribution in [1.82, 2.24) is 14.8 Å². The zero-order valence-corrected chi connectivity index (χ0v) is 16.7. The fourth-order valence-electron chi connectivity index (χ4n) is 2.87. The number of nitrogens with one attached hydrogen (secondary N) is 1. The second-order valence-corrected chi connectivity index (χ2v) is 7.59. The fourth-order valence-corrected chi connectivity index (χ4v) is 3.46. The molecule has 0 saturated carbocycles. The van der Waals surface area contributed by atoms with Gasteiger partial charge in [0.2, 0.25) is 0 Å². The highest BCUT2D eigenvalue weighted by Gasteiger charge is 2.08. The summed E-state index contributed by atoms with van der Waals surface area (Å²) < 4.78 is 7.57. The van der Waals surface area contributed by atoms with Crippen LogP contribution in [0.4, 0.5) is 5.69 Å². The molecule has 0 aliphatic carbocycles. The lowest BCUT2D eigenvalue weighted by Crippen LogP contribution is -2.12. The summed E-state index contributed by atoms with van der Waals surface area (Å²) in [5, 5.41) is 10.1. The summed E-state index contributed by atoms with van der Waals surface area (Å²) in [6.07, 6.45) is 3.65.